The Morgan fingerprint density at radius 3 is 2.71 bits per heavy atom. The van der Waals surface area contributed by atoms with Gasteiger partial charge in [-0.3, -0.25) is 9.36 Å². The van der Waals surface area contributed by atoms with Crippen LogP contribution in [0.5, 0.6) is 0 Å². The van der Waals surface area contributed by atoms with Crippen LogP contribution in [-0.2, 0) is 11.2 Å². The highest BCUT2D eigenvalue weighted by Gasteiger charge is 2.32. The Morgan fingerprint density at radius 1 is 1.11 bits per heavy atom. The van der Waals surface area contributed by atoms with E-state index in [2.05, 4.69) is 16.3 Å². The largest absolute Gasteiger partial charge is 0.311 e. The molecule has 1 aromatic heterocycles. The van der Waals surface area contributed by atoms with Crippen molar-refractivity contribution < 1.29 is 9.18 Å². The molecule has 2 heterocycles. The van der Waals surface area contributed by atoms with Crippen molar-refractivity contribution in [1.29, 1.82) is 0 Å². The van der Waals surface area contributed by atoms with Crippen LogP contribution < -0.4 is 4.90 Å². The molecule has 5 rings (SSSR count). The lowest BCUT2D eigenvalue weighted by Gasteiger charge is -2.17. The molecular formula is C21H19FN4OS. The van der Waals surface area contributed by atoms with Crippen LogP contribution in [0.4, 0.5) is 10.1 Å². The molecule has 0 N–H and O–H groups in total. The van der Waals surface area contributed by atoms with Crippen molar-refractivity contribution in [2.24, 2.45) is 0 Å². The third-order valence-electron chi connectivity index (χ3n) is 5.20. The summed E-state index contributed by atoms with van der Waals surface area (Å²) in [4.78, 5) is 14.6. The molecule has 0 spiro atoms. The number of carbonyl (C=O) groups excluding carboxylic acids is 1. The van der Waals surface area contributed by atoms with Crippen LogP contribution in [-0.4, -0.2) is 33.0 Å². The summed E-state index contributed by atoms with van der Waals surface area (Å²) in [6.07, 6.45) is 2.95. The molecule has 7 heteroatoms. The van der Waals surface area contributed by atoms with Gasteiger partial charge in [-0.05, 0) is 43.0 Å². The topological polar surface area (TPSA) is 51.0 Å². The van der Waals surface area contributed by atoms with Crippen molar-refractivity contribution in [2.75, 3.05) is 17.2 Å². The molecular weight excluding hydrogens is 375 g/mol. The van der Waals surface area contributed by atoms with E-state index in [-0.39, 0.29) is 23.5 Å². The number of halogens is 1. The van der Waals surface area contributed by atoms with Gasteiger partial charge in [0.1, 0.15) is 5.82 Å². The van der Waals surface area contributed by atoms with Crippen LogP contribution in [0.25, 0.3) is 11.4 Å². The van der Waals surface area contributed by atoms with E-state index in [9.17, 15) is 9.18 Å². The molecule has 0 saturated heterocycles. The molecule has 0 atom stereocenters. The van der Waals surface area contributed by atoms with Gasteiger partial charge in [0.2, 0.25) is 5.91 Å². The van der Waals surface area contributed by atoms with E-state index in [0.29, 0.717) is 23.1 Å². The summed E-state index contributed by atoms with van der Waals surface area (Å²) < 4.78 is 16.3. The molecule has 0 unspecified atom stereocenters. The van der Waals surface area contributed by atoms with Crippen molar-refractivity contribution >= 4 is 23.4 Å². The fourth-order valence-electron chi connectivity index (χ4n) is 3.67. The molecule has 2 aliphatic rings. The SMILES string of the molecule is O=C(CSc1nnc(-c2ccccc2F)n1C1CC1)N1CCc2ccccc21. The fraction of sp³-hybridized carbons (Fsp3) is 0.286. The second-order valence-electron chi connectivity index (χ2n) is 7.10. The summed E-state index contributed by atoms with van der Waals surface area (Å²) in [5.74, 6) is 0.587. The number of carbonyl (C=O) groups is 1. The first kappa shape index (κ1) is 17.4. The summed E-state index contributed by atoms with van der Waals surface area (Å²) in [6, 6.07) is 14.9. The standard InChI is InChI=1S/C21H19FN4OS/c22-17-7-3-2-6-16(17)20-23-24-21(26(20)15-9-10-15)28-13-19(27)25-12-11-14-5-1-4-8-18(14)25/h1-8,15H,9-13H2. The second kappa shape index (κ2) is 7.05. The van der Waals surface area contributed by atoms with Gasteiger partial charge in [0, 0.05) is 18.3 Å². The molecule has 0 radical (unpaired) electrons. The molecule has 5 nitrogen and oxygen atoms in total. The minimum Gasteiger partial charge on any atom is -0.311 e. The van der Waals surface area contributed by atoms with Crippen LogP contribution in [0, 0.1) is 5.82 Å². The summed E-state index contributed by atoms with van der Waals surface area (Å²) in [5.41, 5.74) is 2.67. The maximum absolute atomic E-state index is 14.3. The Hall–Kier alpha value is -2.67. The first-order chi connectivity index (χ1) is 13.7. The summed E-state index contributed by atoms with van der Waals surface area (Å²) in [5, 5.41) is 9.21. The average molecular weight is 394 g/mol. The molecule has 28 heavy (non-hydrogen) atoms. The molecule has 1 amide bonds. The number of hydrogen-bond donors (Lipinski definition) is 0. The van der Waals surface area contributed by atoms with Crippen molar-refractivity contribution in [2.45, 2.75) is 30.5 Å². The Balaban J connectivity index is 1.37. The molecule has 1 saturated carbocycles. The number of para-hydroxylation sites is 1. The number of hydrogen-bond acceptors (Lipinski definition) is 4. The first-order valence-electron chi connectivity index (χ1n) is 9.43. The zero-order chi connectivity index (χ0) is 19.1. The van der Waals surface area contributed by atoms with Crippen LogP contribution in [0.15, 0.2) is 53.7 Å². The lowest BCUT2D eigenvalue weighted by molar-refractivity contribution is -0.116. The van der Waals surface area contributed by atoms with E-state index >= 15 is 0 Å². The highest BCUT2D eigenvalue weighted by molar-refractivity contribution is 7.99. The lowest BCUT2D eigenvalue weighted by Crippen LogP contribution is -2.30. The third-order valence-corrected chi connectivity index (χ3v) is 6.13. The predicted octanol–water partition coefficient (Wildman–Crippen LogP) is 4.10. The number of benzene rings is 2. The predicted molar refractivity (Wildman–Crippen MR) is 107 cm³/mol. The van der Waals surface area contributed by atoms with E-state index in [1.165, 1.54) is 23.4 Å². The van der Waals surface area contributed by atoms with Crippen molar-refractivity contribution in [3.63, 3.8) is 0 Å². The van der Waals surface area contributed by atoms with Gasteiger partial charge in [0.25, 0.3) is 0 Å². The molecule has 1 aliphatic heterocycles. The third kappa shape index (κ3) is 3.09. The monoisotopic (exact) mass is 394 g/mol. The number of rotatable bonds is 5. The molecule has 3 aromatic rings. The van der Waals surface area contributed by atoms with Crippen molar-refractivity contribution in [3.8, 4) is 11.4 Å². The zero-order valence-corrected chi connectivity index (χ0v) is 16.0. The Morgan fingerprint density at radius 2 is 1.89 bits per heavy atom. The summed E-state index contributed by atoms with van der Waals surface area (Å²) in [7, 11) is 0. The number of nitrogens with zero attached hydrogens (tertiary/aromatic N) is 4. The fourth-order valence-corrected chi connectivity index (χ4v) is 4.55. The normalized spacial score (nSPS) is 15.7. The smallest absolute Gasteiger partial charge is 0.237 e. The van der Waals surface area contributed by atoms with E-state index in [4.69, 9.17) is 0 Å². The number of amides is 1. The zero-order valence-electron chi connectivity index (χ0n) is 15.2. The highest BCUT2D eigenvalue weighted by atomic mass is 32.2. The van der Waals surface area contributed by atoms with Crippen LogP contribution in [0.1, 0.15) is 24.4 Å². The number of anilines is 1. The quantitative estimate of drug-likeness (QED) is 0.612. The van der Waals surface area contributed by atoms with Gasteiger partial charge in [-0.1, -0.05) is 42.1 Å². The second-order valence-corrected chi connectivity index (χ2v) is 8.04. The van der Waals surface area contributed by atoms with Gasteiger partial charge in [0.15, 0.2) is 11.0 Å². The van der Waals surface area contributed by atoms with Crippen molar-refractivity contribution in [3.05, 3.63) is 59.9 Å². The Labute approximate surface area is 166 Å². The first-order valence-corrected chi connectivity index (χ1v) is 10.4. The maximum atomic E-state index is 14.3. The van der Waals surface area contributed by atoms with E-state index in [1.54, 1.807) is 18.2 Å². The van der Waals surface area contributed by atoms with Gasteiger partial charge < -0.3 is 4.90 Å². The summed E-state index contributed by atoms with van der Waals surface area (Å²) in [6.45, 7) is 0.717. The molecule has 1 fully saturated rings. The average Bonchev–Trinajstić information content (AvgIpc) is 3.32. The minimum atomic E-state index is -0.307. The van der Waals surface area contributed by atoms with Crippen LogP contribution >= 0.6 is 11.8 Å². The van der Waals surface area contributed by atoms with Gasteiger partial charge >= 0.3 is 0 Å². The number of aromatic nitrogens is 3. The Kier molecular flexibility index (Phi) is 4.39. The van der Waals surface area contributed by atoms with Crippen LogP contribution in [0.2, 0.25) is 0 Å². The van der Waals surface area contributed by atoms with E-state index < -0.39 is 0 Å². The summed E-state index contributed by atoms with van der Waals surface area (Å²) >= 11 is 1.38. The van der Waals surface area contributed by atoms with Gasteiger partial charge in [-0.15, -0.1) is 10.2 Å². The lowest BCUT2D eigenvalue weighted by atomic mass is 10.2. The van der Waals surface area contributed by atoms with Crippen LogP contribution in [0.3, 0.4) is 0 Å². The van der Waals surface area contributed by atoms with Gasteiger partial charge in [-0.2, -0.15) is 0 Å². The van der Waals surface area contributed by atoms with Crippen molar-refractivity contribution in [1.82, 2.24) is 14.8 Å². The number of thioether (sulfide) groups is 1. The highest BCUT2D eigenvalue weighted by Crippen LogP contribution is 2.41. The molecule has 142 valence electrons. The Bertz CT molecular complexity index is 1050. The van der Waals surface area contributed by atoms with Gasteiger partial charge in [-0.25, -0.2) is 4.39 Å². The maximum Gasteiger partial charge on any atom is 0.237 e. The molecule has 2 aromatic carbocycles. The van der Waals surface area contributed by atoms with E-state index in [0.717, 1.165) is 24.9 Å². The molecule has 1 aliphatic carbocycles. The number of fused-ring (bicyclic) bond motifs is 1. The van der Waals surface area contributed by atoms with Gasteiger partial charge in [0.05, 0.1) is 11.3 Å². The minimum absolute atomic E-state index is 0.0627. The molecule has 0 bridgehead atoms. The van der Waals surface area contributed by atoms with E-state index in [1.807, 2.05) is 27.7 Å².